The second-order valence-electron chi connectivity index (χ2n) is 9.17. The van der Waals surface area contributed by atoms with Crippen molar-refractivity contribution in [1.29, 1.82) is 0 Å². The summed E-state index contributed by atoms with van der Waals surface area (Å²) in [6, 6.07) is 5.21. The molecule has 4 heterocycles. The van der Waals surface area contributed by atoms with Crippen LogP contribution < -0.4 is 10.2 Å². The van der Waals surface area contributed by atoms with Crippen molar-refractivity contribution in [3.05, 3.63) is 34.7 Å². The van der Waals surface area contributed by atoms with E-state index in [-0.39, 0.29) is 0 Å². The minimum atomic E-state index is 0.426. The van der Waals surface area contributed by atoms with Crippen LogP contribution in [-0.4, -0.2) is 56.9 Å². The molecule has 1 aromatic carbocycles. The number of rotatable bonds is 5. The van der Waals surface area contributed by atoms with Gasteiger partial charge in [-0.15, -0.1) is 0 Å². The average Bonchev–Trinajstić information content (AvgIpc) is 3.37. The van der Waals surface area contributed by atoms with Gasteiger partial charge in [-0.2, -0.15) is 5.10 Å². The number of fused-ring (bicyclic) bond motifs is 1. The van der Waals surface area contributed by atoms with Gasteiger partial charge in [0.15, 0.2) is 5.15 Å². The zero-order valence-corrected chi connectivity index (χ0v) is 19.5. The first-order valence-electron chi connectivity index (χ1n) is 11.6. The highest BCUT2D eigenvalue weighted by Crippen LogP contribution is 2.39. The maximum Gasteiger partial charge on any atom is 0.227 e. The van der Waals surface area contributed by atoms with Crippen molar-refractivity contribution in [1.82, 2.24) is 24.6 Å². The van der Waals surface area contributed by atoms with Gasteiger partial charge in [0.25, 0.3) is 0 Å². The molecule has 0 atom stereocenters. The minimum Gasteiger partial charge on any atom is -0.370 e. The van der Waals surface area contributed by atoms with E-state index < -0.39 is 0 Å². The predicted molar refractivity (Wildman–Crippen MR) is 129 cm³/mol. The third kappa shape index (κ3) is 3.91. The van der Waals surface area contributed by atoms with E-state index in [2.05, 4.69) is 31.3 Å². The summed E-state index contributed by atoms with van der Waals surface area (Å²) in [7, 11) is 0. The Balaban J connectivity index is 1.21. The number of nitrogens with one attached hydrogen (secondary N) is 1. The molecule has 2 aliphatic heterocycles. The quantitative estimate of drug-likeness (QED) is 0.546. The molecule has 32 heavy (non-hydrogen) atoms. The lowest BCUT2D eigenvalue weighted by Crippen LogP contribution is -2.43. The van der Waals surface area contributed by atoms with Crippen molar-refractivity contribution >= 4 is 51.4 Å². The van der Waals surface area contributed by atoms with E-state index >= 15 is 0 Å². The Labute approximate surface area is 197 Å². The first kappa shape index (κ1) is 20.5. The molecule has 0 unspecified atom stereocenters. The number of hydrogen-bond acceptors (Lipinski definition) is 6. The lowest BCUT2D eigenvalue weighted by Gasteiger charge is -2.38. The largest absolute Gasteiger partial charge is 0.370 e. The average molecular weight is 472 g/mol. The number of nitrogens with zero attached hydrogens (tertiary/aromatic N) is 6. The fourth-order valence-corrected chi connectivity index (χ4v) is 5.62. The highest BCUT2D eigenvalue weighted by Gasteiger charge is 2.28. The highest BCUT2D eigenvalue weighted by molar-refractivity contribution is 6.34. The van der Waals surface area contributed by atoms with E-state index in [0.29, 0.717) is 23.2 Å². The van der Waals surface area contributed by atoms with Crippen molar-refractivity contribution in [3.63, 3.8) is 0 Å². The van der Waals surface area contributed by atoms with Crippen LogP contribution in [0.5, 0.6) is 0 Å². The molecule has 2 saturated heterocycles. The van der Waals surface area contributed by atoms with Crippen LogP contribution in [-0.2, 0) is 0 Å². The van der Waals surface area contributed by atoms with Crippen molar-refractivity contribution in [2.75, 3.05) is 36.4 Å². The molecule has 6 rings (SSSR count). The molecule has 0 radical (unpaired) electrons. The molecule has 0 amide bonds. The number of benzene rings is 1. The summed E-state index contributed by atoms with van der Waals surface area (Å²) >= 11 is 13.2. The lowest BCUT2D eigenvalue weighted by molar-refractivity contribution is 0.208. The number of anilines is 3. The number of hydrogen-bond donors (Lipinski definition) is 1. The Morgan fingerprint density at radius 2 is 1.69 bits per heavy atom. The fourth-order valence-electron chi connectivity index (χ4n) is 5.05. The lowest BCUT2D eigenvalue weighted by atomic mass is 10.0. The van der Waals surface area contributed by atoms with Crippen LogP contribution in [0.15, 0.2) is 24.5 Å². The number of aromatic nitrogens is 4. The fraction of sp³-hybridized carbons (Fsp3) is 0.522. The van der Waals surface area contributed by atoms with Crippen LogP contribution in [0, 0.1) is 0 Å². The molecule has 3 aromatic rings. The van der Waals surface area contributed by atoms with Gasteiger partial charge in [0.05, 0.1) is 34.2 Å². The summed E-state index contributed by atoms with van der Waals surface area (Å²) in [5, 5.41) is 9.92. The van der Waals surface area contributed by atoms with Gasteiger partial charge in [-0.3, -0.25) is 0 Å². The molecule has 168 valence electrons. The Morgan fingerprint density at radius 3 is 2.44 bits per heavy atom. The number of halogens is 2. The molecule has 2 aromatic heterocycles. The summed E-state index contributed by atoms with van der Waals surface area (Å²) in [5.41, 5.74) is 2.66. The van der Waals surface area contributed by atoms with Gasteiger partial charge in [0.2, 0.25) is 5.95 Å². The Hall–Kier alpha value is -2.09. The first-order chi connectivity index (χ1) is 15.7. The minimum absolute atomic E-state index is 0.426. The normalized spacial score (nSPS) is 20.4. The van der Waals surface area contributed by atoms with Gasteiger partial charge in [-0.25, -0.2) is 14.6 Å². The molecule has 7 nitrogen and oxygen atoms in total. The van der Waals surface area contributed by atoms with Crippen molar-refractivity contribution < 1.29 is 0 Å². The first-order valence-corrected chi connectivity index (χ1v) is 12.4. The Kier molecular flexibility index (Phi) is 5.36. The molecule has 0 bridgehead atoms. The third-order valence-electron chi connectivity index (χ3n) is 6.98. The molecule has 9 heteroatoms. The third-order valence-corrected chi connectivity index (χ3v) is 7.66. The maximum atomic E-state index is 6.68. The van der Waals surface area contributed by atoms with Crippen LogP contribution in [0.3, 0.4) is 0 Å². The van der Waals surface area contributed by atoms with Crippen molar-refractivity contribution in [2.45, 2.75) is 50.6 Å². The second-order valence-corrected chi connectivity index (χ2v) is 9.93. The Bertz CT molecular complexity index is 1130. The smallest absolute Gasteiger partial charge is 0.227 e. The van der Waals surface area contributed by atoms with E-state index in [1.54, 1.807) is 12.4 Å². The van der Waals surface area contributed by atoms with E-state index in [9.17, 15) is 0 Å². The molecule has 1 saturated carbocycles. The molecular formula is C23H27Cl2N7. The van der Waals surface area contributed by atoms with E-state index in [0.717, 1.165) is 53.2 Å². The van der Waals surface area contributed by atoms with Gasteiger partial charge in [0.1, 0.15) is 0 Å². The highest BCUT2D eigenvalue weighted by atomic mass is 35.5. The predicted octanol–water partition coefficient (Wildman–Crippen LogP) is 5.28. The van der Waals surface area contributed by atoms with Crippen LogP contribution in [0.25, 0.3) is 10.9 Å². The summed E-state index contributed by atoms with van der Waals surface area (Å²) in [5.74, 6) is 0.510. The molecule has 3 fully saturated rings. The van der Waals surface area contributed by atoms with E-state index in [4.69, 9.17) is 28.2 Å². The van der Waals surface area contributed by atoms with Crippen LogP contribution in [0.4, 0.5) is 17.3 Å². The number of likely N-dealkylation sites (tertiary alicyclic amines) is 1. The molecular weight excluding hydrogens is 445 g/mol. The summed E-state index contributed by atoms with van der Waals surface area (Å²) in [6.07, 6.45) is 10.9. The monoisotopic (exact) mass is 471 g/mol. The summed E-state index contributed by atoms with van der Waals surface area (Å²) < 4.78 is 1.87. The van der Waals surface area contributed by atoms with Crippen LogP contribution >= 0.6 is 23.2 Å². The SMILES string of the molecule is Clc1cc2cnc(Nc3cnn(C4CC4)c3Cl)nc2cc1N1CCC(N2CCCC2)CC1. The zero-order valence-electron chi connectivity index (χ0n) is 18.0. The Morgan fingerprint density at radius 1 is 0.906 bits per heavy atom. The summed E-state index contributed by atoms with van der Waals surface area (Å²) in [6.45, 7) is 4.58. The van der Waals surface area contributed by atoms with Crippen molar-refractivity contribution in [3.8, 4) is 0 Å². The molecule has 3 aliphatic rings. The van der Waals surface area contributed by atoms with Crippen LogP contribution in [0.2, 0.25) is 10.2 Å². The van der Waals surface area contributed by atoms with Gasteiger partial charge in [-0.05, 0) is 63.7 Å². The molecule has 1 N–H and O–H groups in total. The van der Waals surface area contributed by atoms with E-state index in [1.807, 2.05) is 10.7 Å². The van der Waals surface area contributed by atoms with E-state index in [1.165, 1.54) is 38.8 Å². The standard InChI is InChI=1S/C23H27Cl2N7/c24-18-11-15-13-26-23(29-20-14-27-32(22(20)25)17-3-4-17)28-19(15)12-21(18)31-9-5-16(6-10-31)30-7-1-2-8-30/h11-14,16-17H,1-10H2,(H,26,28,29). The maximum absolute atomic E-state index is 6.68. The van der Waals surface area contributed by atoms with Gasteiger partial charge in [0, 0.05) is 30.7 Å². The molecule has 0 spiro atoms. The zero-order chi connectivity index (χ0) is 21.7. The van der Waals surface area contributed by atoms with Crippen LogP contribution in [0.1, 0.15) is 44.6 Å². The van der Waals surface area contributed by atoms with Crippen molar-refractivity contribution in [2.24, 2.45) is 0 Å². The van der Waals surface area contributed by atoms with Gasteiger partial charge >= 0.3 is 0 Å². The number of piperidine rings is 1. The summed E-state index contributed by atoms with van der Waals surface area (Å²) in [4.78, 5) is 14.3. The second kappa shape index (κ2) is 8.36. The topological polar surface area (TPSA) is 62.1 Å². The molecule has 1 aliphatic carbocycles. The van der Waals surface area contributed by atoms with Gasteiger partial charge < -0.3 is 15.1 Å². The van der Waals surface area contributed by atoms with Gasteiger partial charge in [-0.1, -0.05) is 23.2 Å².